The molecule has 1 saturated heterocycles. The Kier molecular flexibility index (Phi) is 4.34. The lowest BCUT2D eigenvalue weighted by Crippen LogP contribution is -2.29. The zero-order valence-electron chi connectivity index (χ0n) is 12.2. The third-order valence-corrected chi connectivity index (χ3v) is 5.02. The molecule has 1 N–H and O–H groups in total. The quantitative estimate of drug-likeness (QED) is 0.892. The maximum Gasteiger partial charge on any atom is 0.123 e. The minimum absolute atomic E-state index is 0.452. The summed E-state index contributed by atoms with van der Waals surface area (Å²) in [5.74, 6) is 1.67. The zero-order chi connectivity index (χ0) is 14.1. The Morgan fingerprint density at radius 2 is 2.15 bits per heavy atom. The number of rotatable bonds is 5. The highest BCUT2D eigenvalue weighted by atomic mass is 79.9. The molecule has 0 spiro atoms. The molecule has 0 aromatic heterocycles. The smallest absolute Gasteiger partial charge is 0.123 e. The van der Waals surface area contributed by atoms with Crippen LogP contribution in [-0.2, 0) is 0 Å². The molecule has 1 aromatic carbocycles. The Labute approximate surface area is 129 Å². The average Bonchev–Trinajstić information content (AvgIpc) is 3.19. The highest BCUT2D eigenvalue weighted by molar-refractivity contribution is 9.10. The molecule has 2 unspecified atom stereocenters. The summed E-state index contributed by atoms with van der Waals surface area (Å²) in [6, 6.07) is 7.57. The highest BCUT2D eigenvalue weighted by Gasteiger charge is 2.35. The number of hydrogen-bond donors (Lipinski definition) is 1. The lowest BCUT2D eigenvalue weighted by Gasteiger charge is -2.27. The standard InChI is InChI=1S/C16H23BrN2O/c1-19-8-7-11(10-18-13-4-5-13)16(19)14-9-12(17)3-6-15(14)20-2/h3,6,9,11,13,16,18H,4-5,7-8,10H2,1-2H3. The number of nitrogens with zero attached hydrogens (tertiary/aromatic N) is 1. The van der Waals surface area contributed by atoms with Crippen molar-refractivity contribution in [2.24, 2.45) is 5.92 Å². The lowest BCUT2D eigenvalue weighted by atomic mass is 9.93. The van der Waals surface area contributed by atoms with Crippen LogP contribution in [0.4, 0.5) is 0 Å². The molecule has 3 nitrogen and oxygen atoms in total. The second kappa shape index (κ2) is 6.04. The number of halogens is 1. The van der Waals surface area contributed by atoms with Crippen LogP contribution in [0, 0.1) is 5.92 Å². The van der Waals surface area contributed by atoms with Crippen molar-refractivity contribution < 1.29 is 4.74 Å². The first kappa shape index (κ1) is 14.4. The van der Waals surface area contributed by atoms with E-state index in [0.29, 0.717) is 12.0 Å². The second-order valence-corrected chi connectivity index (χ2v) is 6.96. The molecule has 3 rings (SSSR count). The number of likely N-dealkylation sites (tertiary alicyclic amines) is 1. The number of nitrogens with one attached hydrogen (secondary N) is 1. The lowest BCUT2D eigenvalue weighted by molar-refractivity contribution is 0.263. The largest absolute Gasteiger partial charge is 0.496 e. The Morgan fingerprint density at radius 1 is 1.35 bits per heavy atom. The van der Waals surface area contributed by atoms with E-state index in [2.05, 4.69) is 51.4 Å². The van der Waals surface area contributed by atoms with E-state index in [1.54, 1.807) is 7.11 Å². The molecule has 1 heterocycles. The van der Waals surface area contributed by atoms with Crippen molar-refractivity contribution in [3.05, 3.63) is 28.2 Å². The molecular formula is C16H23BrN2O. The Hall–Kier alpha value is -0.580. The summed E-state index contributed by atoms with van der Waals surface area (Å²) in [6.45, 7) is 2.28. The monoisotopic (exact) mass is 338 g/mol. The van der Waals surface area contributed by atoms with E-state index < -0.39 is 0 Å². The number of benzene rings is 1. The second-order valence-electron chi connectivity index (χ2n) is 6.04. The van der Waals surface area contributed by atoms with Crippen molar-refractivity contribution in [1.82, 2.24) is 10.2 Å². The molecule has 20 heavy (non-hydrogen) atoms. The average molecular weight is 339 g/mol. The van der Waals surface area contributed by atoms with Gasteiger partial charge in [0, 0.05) is 28.7 Å². The van der Waals surface area contributed by atoms with Crippen LogP contribution in [-0.4, -0.2) is 38.2 Å². The molecule has 1 aliphatic heterocycles. The minimum Gasteiger partial charge on any atom is -0.496 e. The van der Waals surface area contributed by atoms with Crippen LogP contribution in [0.5, 0.6) is 5.75 Å². The van der Waals surface area contributed by atoms with Gasteiger partial charge in [-0.1, -0.05) is 15.9 Å². The van der Waals surface area contributed by atoms with Crippen LogP contribution in [0.15, 0.2) is 22.7 Å². The summed E-state index contributed by atoms with van der Waals surface area (Å²) in [7, 11) is 3.99. The van der Waals surface area contributed by atoms with Crippen LogP contribution in [0.25, 0.3) is 0 Å². The summed E-state index contributed by atoms with van der Waals surface area (Å²) in [4.78, 5) is 2.46. The van der Waals surface area contributed by atoms with Gasteiger partial charge in [0.1, 0.15) is 5.75 Å². The zero-order valence-corrected chi connectivity index (χ0v) is 13.8. The van der Waals surface area contributed by atoms with Crippen LogP contribution in [0.3, 0.4) is 0 Å². The molecule has 1 aromatic rings. The summed E-state index contributed by atoms with van der Waals surface area (Å²) in [5.41, 5.74) is 1.31. The molecule has 4 heteroatoms. The van der Waals surface area contributed by atoms with E-state index in [1.807, 2.05) is 0 Å². The normalized spacial score (nSPS) is 26.9. The Morgan fingerprint density at radius 3 is 2.85 bits per heavy atom. The summed E-state index contributed by atoms with van der Waals surface area (Å²) in [5, 5.41) is 3.69. The van der Waals surface area contributed by atoms with Crippen LogP contribution < -0.4 is 10.1 Å². The van der Waals surface area contributed by atoms with Gasteiger partial charge in [0.25, 0.3) is 0 Å². The third-order valence-electron chi connectivity index (χ3n) is 4.53. The highest BCUT2D eigenvalue weighted by Crippen LogP contribution is 2.41. The van der Waals surface area contributed by atoms with Crippen molar-refractivity contribution in [3.63, 3.8) is 0 Å². The maximum atomic E-state index is 5.58. The molecule has 0 radical (unpaired) electrons. The molecule has 0 amide bonds. The van der Waals surface area contributed by atoms with Crippen molar-refractivity contribution >= 4 is 15.9 Å². The van der Waals surface area contributed by atoms with Crippen molar-refractivity contribution in [1.29, 1.82) is 0 Å². The Balaban J connectivity index is 1.82. The van der Waals surface area contributed by atoms with Gasteiger partial charge < -0.3 is 10.1 Å². The van der Waals surface area contributed by atoms with Crippen molar-refractivity contribution in [3.8, 4) is 5.75 Å². The number of hydrogen-bond acceptors (Lipinski definition) is 3. The predicted octanol–water partition coefficient (Wildman–Crippen LogP) is 3.20. The van der Waals surface area contributed by atoms with E-state index in [0.717, 1.165) is 29.4 Å². The van der Waals surface area contributed by atoms with Gasteiger partial charge in [-0.05, 0) is 57.0 Å². The van der Waals surface area contributed by atoms with E-state index >= 15 is 0 Å². The van der Waals surface area contributed by atoms with E-state index in [4.69, 9.17) is 4.74 Å². The molecule has 1 aliphatic carbocycles. The van der Waals surface area contributed by atoms with E-state index in [-0.39, 0.29) is 0 Å². The fourth-order valence-corrected chi connectivity index (χ4v) is 3.65. The summed E-state index contributed by atoms with van der Waals surface area (Å²) < 4.78 is 6.71. The van der Waals surface area contributed by atoms with E-state index in [9.17, 15) is 0 Å². The molecule has 2 fully saturated rings. The minimum atomic E-state index is 0.452. The number of ether oxygens (including phenoxy) is 1. The topological polar surface area (TPSA) is 24.5 Å². The van der Waals surface area contributed by atoms with Gasteiger partial charge >= 0.3 is 0 Å². The molecule has 1 saturated carbocycles. The Bertz CT molecular complexity index is 476. The van der Waals surface area contributed by atoms with E-state index in [1.165, 1.54) is 24.8 Å². The van der Waals surface area contributed by atoms with Crippen molar-refractivity contribution in [2.45, 2.75) is 31.3 Å². The van der Waals surface area contributed by atoms with Crippen molar-refractivity contribution in [2.75, 3.05) is 27.2 Å². The SMILES string of the molecule is COc1ccc(Br)cc1C1C(CNC2CC2)CCN1C. The van der Waals surface area contributed by atoms with Gasteiger partial charge in [-0.25, -0.2) is 0 Å². The van der Waals surface area contributed by atoms with Crippen LogP contribution in [0.1, 0.15) is 30.9 Å². The predicted molar refractivity (Wildman–Crippen MR) is 85.2 cm³/mol. The first-order valence-electron chi connectivity index (χ1n) is 7.46. The third kappa shape index (κ3) is 3.02. The van der Waals surface area contributed by atoms with Gasteiger partial charge in [-0.3, -0.25) is 4.90 Å². The first-order chi connectivity index (χ1) is 9.69. The van der Waals surface area contributed by atoms with Gasteiger partial charge in [0.2, 0.25) is 0 Å². The van der Waals surface area contributed by atoms with Gasteiger partial charge in [0.05, 0.1) is 7.11 Å². The summed E-state index contributed by atoms with van der Waals surface area (Å²) >= 11 is 3.59. The van der Waals surface area contributed by atoms with Gasteiger partial charge in [-0.2, -0.15) is 0 Å². The maximum absolute atomic E-state index is 5.58. The fourth-order valence-electron chi connectivity index (χ4n) is 3.27. The fraction of sp³-hybridized carbons (Fsp3) is 0.625. The molecule has 2 atom stereocenters. The van der Waals surface area contributed by atoms with Crippen LogP contribution in [0.2, 0.25) is 0 Å². The molecule has 0 bridgehead atoms. The molecule has 110 valence electrons. The first-order valence-corrected chi connectivity index (χ1v) is 8.25. The van der Waals surface area contributed by atoms with Crippen LogP contribution >= 0.6 is 15.9 Å². The van der Waals surface area contributed by atoms with Gasteiger partial charge in [0.15, 0.2) is 0 Å². The number of methoxy groups -OCH3 is 1. The summed E-state index contributed by atoms with van der Waals surface area (Å²) in [6.07, 6.45) is 3.97. The molecular weight excluding hydrogens is 316 g/mol. The van der Waals surface area contributed by atoms with Gasteiger partial charge in [-0.15, -0.1) is 0 Å². The molecule has 2 aliphatic rings.